The van der Waals surface area contributed by atoms with Gasteiger partial charge in [-0.1, -0.05) is 91.0 Å². The highest BCUT2D eigenvalue weighted by molar-refractivity contribution is 5.98. The van der Waals surface area contributed by atoms with Crippen LogP contribution in [-0.4, -0.2) is 55.0 Å². The highest BCUT2D eigenvalue weighted by atomic mass is 16.2. The predicted molar refractivity (Wildman–Crippen MR) is 157 cm³/mol. The molecule has 4 aromatic rings. The summed E-state index contributed by atoms with van der Waals surface area (Å²) in [4.78, 5) is 28.6. The summed E-state index contributed by atoms with van der Waals surface area (Å²) >= 11 is 0. The van der Waals surface area contributed by atoms with E-state index in [2.05, 4.69) is 34.9 Å². The van der Waals surface area contributed by atoms with E-state index in [1.807, 2.05) is 83.8 Å². The van der Waals surface area contributed by atoms with E-state index in [-0.39, 0.29) is 29.8 Å². The van der Waals surface area contributed by atoms with E-state index in [0.717, 1.165) is 17.2 Å². The van der Waals surface area contributed by atoms with Crippen molar-refractivity contribution in [2.45, 2.75) is 30.8 Å². The molecule has 1 saturated heterocycles. The van der Waals surface area contributed by atoms with E-state index in [1.165, 1.54) is 11.1 Å². The first kappa shape index (κ1) is 26.6. The van der Waals surface area contributed by atoms with Gasteiger partial charge in [-0.15, -0.1) is 0 Å². The summed E-state index contributed by atoms with van der Waals surface area (Å²) in [5.74, 6) is 0.0262. The van der Waals surface area contributed by atoms with Crippen LogP contribution >= 0.6 is 0 Å². The van der Waals surface area contributed by atoms with Crippen LogP contribution < -0.4 is 16.4 Å². The molecule has 5 rings (SSSR count). The maximum Gasteiger partial charge on any atom is 0.251 e. The second-order valence-electron chi connectivity index (χ2n) is 10.2. The van der Waals surface area contributed by atoms with Crippen molar-refractivity contribution in [3.63, 3.8) is 0 Å². The number of nitrogens with two attached hydrogens (primary N) is 1. The molecule has 1 heterocycles. The molecule has 0 bridgehead atoms. The summed E-state index contributed by atoms with van der Waals surface area (Å²) in [5, 5.41) is 8.72. The molecule has 0 saturated carbocycles. The molecule has 2 unspecified atom stereocenters. The zero-order chi connectivity index (χ0) is 27.0. The zero-order valence-electron chi connectivity index (χ0n) is 22.1. The molecule has 2 atom stereocenters. The van der Waals surface area contributed by atoms with Gasteiger partial charge in [0.15, 0.2) is 0 Å². The van der Waals surface area contributed by atoms with Crippen LogP contribution in [0.5, 0.6) is 0 Å². The molecule has 0 spiro atoms. The highest BCUT2D eigenvalue weighted by Crippen LogP contribution is 2.27. The largest absolute Gasteiger partial charge is 0.350 e. The van der Waals surface area contributed by atoms with Gasteiger partial charge in [0, 0.05) is 37.2 Å². The molecule has 1 aliphatic heterocycles. The molecular formula is C33H36N4O2. The standard InChI is InChI=1S/C33H36N4O2/c34-19-17-31-33(39)37(23-30(25-10-3-1-4-11-25)26-12-5-2-6-13-26)20-18-29(36-31)22-35-32(38)28-16-15-24-9-7-8-14-27(24)21-28/h1-16,21,29-31,36H,17-20,22-23,34H2,(H,35,38). The molecular weight excluding hydrogens is 484 g/mol. The number of carbonyl (C=O) groups excluding carboxylic acids is 2. The van der Waals surface area contributed by atoms with Crippen LogP contribution in [0.1, 0.15) is 40.2 Å². The van der Waals surface area contributed by atoms with Crippen molar-refractivity contribution in [1.82, 2.24) is 15.5 Å². The minimum atomic E-state index is -0.382. The van der Waals surface area contributed by atoms with Gasteiger partial charge >= 0.3 is 0 Å². The summed E-state index contributed by atoms with van der Waals surface area (Å²) in [7, 11) is 0. The van der Waals surface area contributed by atoms with Crippen LogP contribution in [0.15, 0.2) is 103 Å². The molecule has 6 nitrogen and oxygen atoms in total. The number of benzene rings is 4. The lowest BCUT2D eigenvalue weighted by Crippen LogP contribution is -2.49. The lowest BCUT2D eigenvalue weighted by atomic mass is 9.90. The van der Waals surface area contributed by atoms with Crippen LogP contribution in [-0.2, 0) is 4.79 Å². The Morgan fingerprint density at radius 2 is 1.54 bits per heavy atom. The molecule has 0 aliphatic carbocycles. The average molecular weight is 521 g/mol. The SMILES string of the molecule is NCCC1NC(CNC(=O)c2ccc3ccccc3c2)CCN(CC(c2ccccc2)c2ccccc2)C1=O. The Hall–Kier alpha value is -4.00. The number of nitrogens with zero attached hydrogens (tertiary/aromatic N) is 1. The summed E-state index contributed by atoms with van der Waals surface area (Å²) in [6.07, 6.45) is 1.28. The summed E-state index contributed by atoms with van der Waals surface area (Å²) < 4.78 is 0. The van der Waals surface area contributed by atoms with Gasteiger partial charge in [-0.3, -0.25) is 9.59 Å². The smallest absolute Gasteiger partial charge is 0.251 e. The second kappa shape index (κ2) is 12.7. The average Bonchev–Trinajstić information content (AvgIpc) is 3.13. The Morgan fingerprint density at radius 1 is 0.897 bits per heavy atom. The zero-order valence-corrected chi connectivity index (χ0v) is 22.1. The number of amides is 2. The van der Waals surface area contributed by atoms with Gasteiger partial charge in [-0.2, -0.15) is 0 Å². The van der Waals surface area contributed by atoms with Crippen molar-refractivity contribution in [2.24, 2.45) is 5.73 Å². The molecule has 4 aromatic carbocycles. The molecule has 1 fully saturated rings. The number of carbonyl (C=O) groups is 2. The van der Waals surface area contributed by atoms with Gasteiger partial charge in [-0.05, 0) is 53.4 Å². The maximum absolute atomic E-state index is 13.7. The molecule has 0 radical (unpaired) electrons. The number of hydrogen-bond donors (Lipinski definition) is 3. The van der Waals surface area contributed by atoms with Crippen molar-refractivity contribution in [3.8, 4) is 0 Å². The van der Waals surface area contributed by atoms with E-state index < -0.39 is 0 Å². The molecule has 39 heavy (non-hydrogen) atoms. The third kappa shape index (κ3) is 6.53. The fraction of sp³-hybridized carbons (Fsp3) is 0.273. The number of rotatable bonds is 9. The normalized spacial score (nSPS) is 17.8. The van der Waals surface area contributed by atoms with Gasteiger partial charge in [0.2, 0.25) is 5.91 Å². The first-order valence-corrected chi connectivity index (χ1v) is 13.7. The van der Waals surface area contributed by atoms with Crippen molar-refractivity contribution in [2.75, 3.05) is 26.2 Å². The van der Waals surface area contributed by atoms with Gasteiger partial charge in [-0.25, -0.2) is 0 Å². The third-order valence-electron chi connectivity index (χ3n) is 7.58. The Bertz CT molecular complexity index is 1350. The molecule has 6 heteroatoms. The highest BCUT2D eigenvalue weighted by Gasteiger charge is 2.32. The van der Waals surface area contributed by atoms with E-state index in [9.17, 15) is 9.59 Å². The van der Waals surface area contributed by atoms with Crippen molar-refractivity contribution < 1.29 is 9.59 Å². The number of nitrogens with one attached hydrogen (secondary N) is 2. The van der Waals surface area contributed by atoms with Crippen molar-refractivity contribution in [3.05, 3.63) is 120 Å². The molecule has 200 valence electrons. The van der Waals surface area contributed by atoms with Gasteiger partial charge in [0.25, 0.3) is 5.91 Å². The Morgan fingerprint density at radius 3 is 2.21 bits per heavy atom. The Labute approximate surface area is 230 Å². The second-order valence-corrected chi connectivity index (χ2v) is 10.2. The van der Waals surface area contributed by atoms with E-state index >= 15 is 0 Å². The number of hydrogen-bond acceptors (Lipinski definition) is 4. The Balaban J connectivity index is 1.29. The minimum absolute atomic E-state index is 0.0354. The van der Waals surface area contributed by atoms with Gasteiger partial charge < -0.3 is 21.3 Å². The van der Waals surface area contributed by atoms with Gasteiger partial charge in [0.05, 0.1) is 6.04 Å². The van der Waals surface area contributed by atoms with Crippen LogP contribution in [0.3, 0.4) is 0 Å². The lowest BCUT2D eigenvalue weighted by Gasteiger charge is -2.29. The number of fused-ring (bicyclic) bond motifs is 1. The Kier molecular flexibility index (Phi) is 8.66. The van der Waals surface area contributed by atoms with E-state index in [1.54, 1.807) is 0 Å². The van der Waals surface area contributed by atoms with Crippen LogP contribution in [0.25, 0.3) is 10.8 Å². The van der Waals surface area contributed by atoms with Crippen molar-refractivity contribution >= 4 is 22.6 Å². The monoisotopic (exact) mass is 520 g/mol. The topological polar surface area (TPSA) is 87.5 Å². The third-order valence-corrected chi connectivity index (χ3v) is 7.58. The molecule has 0 aromatic heterocycles. The fourth-order valence-electron chi connectivity index (χ4n) is 5.44. The first-order valence-electron chi connectivity index (χ1n) is 13.7. The molecule has 2 amide bonds. The first-order chi connectivity index (χ1) is 19.1. The summed E-state index contributed by atoms with van der Waals surface area (Å²) in [6.45, 7) is 2.05. The quantitative estimate of drug-likeness (QED) is 0.307. The van der Waals surface area contributed by atoms with Crippen LogP contribution in [0.2, 0.25) is 0 Å². The molecule has 4 N–H and O–H groups in total. The fourth-order valence-corrected chi connectivity index (χ4v) is 5.44. The summed E-state index contributed by atoms with van der Waals surface area (Å²) in [5.41, 5.74) is 8.91. The predicted octanol–water partition coefficient (Wildman–Crippen LogP) is 4.31. The summed E-state index contributed by atoms with van der Waals surface area (Å²) in [6, 6.07) is 34.0. The van der Waals surface area contributed by atoms with Crippen LogP contribution in [0.4, 0.5) is 0 Å². The van der Waals surface area contributed by atoms with E-state index in [0.29, 0.717) is 38.2 Å². The van der Waals surface area contributed by atoms with Crippen LogP contribution in [0, 0.1) is 0 Å². The van der Waals surface area contributed by atoms with E-state index in [4.69, 9.17) is 5.73 Å². The molecule has 1 aliphatic rings. The van der Waals surface area contributed by atoms with Crippen molar-refractivity contribution in [1.29, 1.82) is 0 Å². The van der Waals surface area contributed by atoms with Gasteiger partial charge in [0.1, 0.15) is 0 Å². The minimum Gasteiger partial charge on any atom is -0.350 e. The lowest BCUT2D eigenvalue weighted by molar-refractivity contribution is -0.133. The maximum atomic E-state index is 13.7.